The van der Waals surface area contributed by atoms with Crippen LogP contribution < -0.4 is 9.64 Å². The number of carboxylic acid groups (broad SMARTS) is 1. The van der Waals surface area contributed by atoms with Crippen molar-refractivity contribution < 1.29 is 14.6 Å². The highest BCUT2D eigenvalue weighted by atomic mass is 35.5. The van der Waals surface area contributed by atoms with Gasteiger partial charge in [0, 0.05) is 19.8 Å². The van der Waals surface area contributed by atoms with Crippen LogP contribution in [0.3, 0.4) is 0 Å². The molecule has 0 fully saturated rings. The summed E-state index contributed by atoms with van der Waals surface area (Å²) in [6.07, 6.45) is 1.62. The van der Waals surface area contributed by atoms with E-state index in [4.69, 9.17) is 16.3 Å². The van der Waals surface area contributed by atoms with Crippen molar-refractivity contribution in [3.05, 3.63) is 58.6 Å². The Morgan fingerprint density at radius 3 is 2.30 bits per heavy atom. The fraction of sp³-hybridized carbons (Fsp3) is 0.167. The molecule has 0 atom stereocenters. The van der Waals surface area contributed by atoms with Gasteiger partial charge in [0.05, 0.1) is 17.7 Å². The number of methoxy groups -OCH3 is 1. The van der Waals surface area contributed by atoms with E-state index in [1.807, 2.05) is 43.3 Å². The van der Waals surface area contributed by atoms with Gasteiger partial charge in [0.1, 0.15) is 5.75 Å². The standard InChI is InChI=1S/C18H18ClNO3/c1-20(2)14-7-4-12(5-8-14)10-15(18(21)22)13-6-9-17(23-3)16(19)11-13/h4-11H,1-3H3,(H,21,22)/b15-10-. The van der Waals surface area contributed by atoms with Crippen molar-refractivity contribution in [2.45, 2.75) is 0 Å². The molecule has 0 aromatic heterocycles. The number of halogens is 1. The summed E-state index contributed by atoms with van der Waals surface area (Å²) in [6.45, 7) is 0. The van der Waals surface area contributed by atoms with Crippen molar-refractivity contribution in [2.24, 2.45) is 0 Å². The number of anilines is 1. The topological polar surface area (TPSA) is 49.8 Å². The van der Waals surface area contributed by atoms with E-state index in [1.54, 1.807) is 24.3 Å². The summed E-state index contributed by atoms with van der Waals surface area (Å²) >= 11 is 6.09. The molecule has 0 aliphatic rings. The second-order valence-corrected chi connectivity index (χ2v) is 5.61. The molecule has 4 nitrogen and oxygen atoms in total. The summed E-state index contributed by atoms with van der Waals surface area (Å²) in [5.74, 6) is -0.501. The van der Waals surface area contributed by atoms with Crippen LogP contribution in [-0.2, 0) is 4.79 Å². The predicted octanol–water partition coefficient (Wildman–Crippen LogP) is 4.04. The molecule has 23 heavy (non-hydrogen) atoms. The first-order valence-electron chi connectivity index (χ1n) is 6.98. The molecule has 0 amide bonds. The first kappa shape index (κ1) is 16.9. The van der Waals surface area contributed by atoms with E-state index < -0.39 is 5.97 Å². The first-order chi connectivity index (χ1) is 10.9. The van der Waals surface area contributed by atoms with Gasteiger partial charge in [-0.05, 0) is 41.5 Å². The van der Waals surface area contributed by atoms with Crippen molar-refractivity contribution in [1.29, 1.82) is 0 Å². The summed E-state index contributed by atoms with van der Waals surface area (Å²) in [4.78, 5) is 13.6. The van der Waals surface area contributed by atoms with Gasteiger partial charge in [-0.15, -0.1) is 0 Å². The van der Waals surface area contributed by atoms with Crippen LogP contribution in [0.1, 0.15) is 11.1 Å². The average Bonchev–Trinajstić information content (AvgIpc) is 2.52. The Labute approximate surface area is 140 Å². The number of rotatable bonds is 5. The smallest absolute Gasteiger partial charge is 0.336 e. The average molecular weight is 332 g/mol. The van der Waals surface area contributed by atoms with Crippen LogP contribution >= 0.6 is 11.6 Å². The van der Waals surface area contributed by atoms with Crippen LogP contribution in [0.2, 0.25) is 5.02 Å². The molecule has 0 bridgehead atoms. The number of nitrogens with zero attached hydrogens (tertiary/aromatic N) is 1. The molecule has 5 heteroatoms. The lowest BCUT2D eigenvalue weighted by molar-refractivity contribution is -0.130. The number of aliphatic carboxylic acids is 1. The minimum atomic E-state index is -1.01. The van der Waals surface area contributed by atoms with Crippen molar-refractivity contribution >= 4 is 34.9 Å². The number of ether oxygens (including phenoxy) is 1. The van der Waals surface area contributed by atoms with E-state index in [2.05, 4.69) is 0 Å². The Hall–Kier alpha value is -2.46. The van der Waals surface area contributed by atoms with Gasteiger partial charge in [-0.2, -0.15) is 0 Å². The maximum Gasteiger partial charge on any atom is 0.336 e. The predicted molar refractivity (Wildman–Crippen MR) is 94.3 cm³/mol. The molecule has 0 aliphatic carbocycles. The zero-order valence-electron chi connectivity index (χ0n) is 13.2. The monoisotopic (exact) mass is 331 g/mol. The summed E-state index contributed by atoms with van der Waals surface area (Å²) in [5, 5.41) is 9.87. The molecule has 0 radical (unpaired) electrons. The highest BCUT2D eigenvalue weighted by Crippen LogP contribution is 2.29. The number of carboxylic acids is 1. The van der Waals surface area contributed by atoms with Gasteiger partial charge in [-0.25, -0.2) is 4.79 Å². The summed E-state index contributed by atoms with van der Waals surface area (Å²) in [6, 6.07) is 12.6. The second-order valence-electron chi connectivity index (χ2n) is 5.20. The molecule has 0 saturated heterocycles. The lowest BCUT2D eigenvalue weighted by atomic mass is 10.0. The van der Waals surface area contributed by atoms with Crippen molar-refractivity contribution in [2.75, 3.05) is 26.1 Å². The van der Waals surface area contributed by atoms with Crippen molar-refractivity contribution in [3.8, 4) is 5.75 Å². The van der Waals surface area contributed by atoms with Crippen LogP contribution in [-0.4, -0.2) is 32.3 Å². The molecule has 0 saturated carbocycles. The van der Waals surface area contributed by atoms with Crippen LogP contribution in [0.4, 0.5) is 5.69 Å². The van der Waals surface area contributed by atoms with Crippen LogP contribution in [0.15, 0.2) is 42.5 Å². The molecule has 0 spiro atoms. The van der Waals surface area contributed by atoms with Gasteiger partial charge < -0.3 is 14.7 Å². The van der Waals surface area contributed by atoms with E-state index in [1.165, 1.54) is 7.11 Å². The fourth-order valence-electron chi connectivity index (χ4n) is 2.14. The van der Waals surface area contributed by atoms with Crippen LogP contribution in [0.25, 0.3) is 11.6 Å². The largest absolute Gasteiger partial charge is 0.495 e. The molecule has 2 rings (SSSR count). The molecule has 2 aromatic rings. The molecule has 1 N–H and O–H groups in total. The number of hydrogen-bond acceptors (Lipinski definition) is 3. The van der Waals surface area contributed by atoms with E-state index in [0.717, 1.165) is 11.3 Å². The maximum absolute atomic E-state index is 11.6. The van der Waals surface area contributed by atoms with Gasteiger partial charge in [-0.3, -0.25) is 0 Å². The van der Waals surface area contributed by atoms with E-state index >= 15 is 0 Å². The van der Waals surface area contributed by atoms with Crippen LogP contribution in [0.5, 0.6) is 5.75 Å². The third kappa shape index (κ3) is 4.05. The fourth-order valence-corrected chi connectivity index (χ4v) is 2.40. The Morgan fingerprint density at radius 1 is 1.17 bits per heavy atom. The van der Waals surface area contributed by atoms with Gasteiger partial charge in [0.25, 0.3) is 0 Å². The zero-order chi connectivity index (χ0) is 17.0. The summed E-state index contributed by atoms with van der Waals surface area (Å²) in [7, 11) is 5.42. The molecule has 0 aliphatic heterocycles. The van der Waals surface area contributed by atoms with Gasteiger partial charge >= 0.3 is 5.97 Å². The highest BCUT2D eigenvalue weighted by molar-refractivity contribution is 6.32. The van der Waals surface area contributed by atoms with Gasteiger partial charge in [0.2, 0.25) is 0 Å². The van der Waals surface area contributed by atoms with E-state index in [0.29, 0.717) is 16.3 Å². The molecule has 0 heterocycles. The molecule has 120 valence electrons. The molecular formula is C18H18ClNO3. The zero-order valence-corrected chi connectivity index (χ0v) is 14.0. The van der Waals surface area contributed by atoms with Crippen molar-refractivity contribution in [3.63, 3.8) is 0 Å². The summed E-state index contributed by atoms with van der Waals surface area (Å²) < 4.78 is 5.09. The minimum Gasteiger partial charge on any atom is -0.495 e. The van der Waals surface area contributed by atoms with Crippen molar-refractivity contribution in [1.82, 2.24) is 0 Å². The van der Waals surface area contributed by atoms with Crippen LogP contribution in [0, 0.1) is 0 Å². The highest BCUT2D eigenvalue weighted by Gasteiger charge is 2.13. The third-order valence-electron chi connectivity index (χ3n) is 3.41. The Balaban J connectivity index is 2.41. The Morgan fingerprint density at radius 2 is 1.83 bits per heavy atom. The normalized spacial score (nSPS) is 11.2. The number of carbonyl (C=O) groups is 1. The lowest BCUT2D eigenvalue weighted by Gasteiger charge is -2.12. The first-order valence-corrected chi connectivity index (χ1v) is 7.36. The Kier molecular flexibility index (Phi) is 5.29. The van der Waals surface area contributed by atoms with E-state index in [-0.39, 0.29) is 5.57 Å². The molecular weight excluding hydrogens is 314 g/mol. The lowest BCUT2D eigenvalue weighted by Crippen LogP contribution is -2.08. The van der Waals surface area contributed by atoms with Gasteiger partial charge in [-0.1, -0.05) is 29.8 Å². The number of benzene rings is 2. The quantitative estimate of drug-likeness (QED) is 0.663. The third-order valence-corrected chi connectivity index (χ3v) is 3.71. The Bertz CT molecular complexity index is 736. The minimum absolute atomic E-state index is 0.173. The van der Waals surface area contributed by atoms with E-state index in [9.17, 15) is 9.90 Å². The molecule has 2 aromatic carbocycles. The van der Waals surface area contributed by atoms with Gasteiger partial charge in [0.15, 0.2) is 0 Å². The summed E-state index contributed by atoms with van der Waals surface area (Å²) in [5.41, 5.74) is 2.55. The molecule has 0 unspecified atom stereocenters. The maximum atomic E-state index is 11.6. The SMILES string of the molecule is COc1ccc(/C(=C/c2ccc(N(C)C)cc2)C(=O)O)cc1Cl. The second kappa shape index (κ2) is 7.20. The number of hydrogen-bond donors (Lipinski definition) is 1.